The first-order valence-electron chi connectivity index (χ1n) is 9.74. The van der Waals surface area contributed by atoms with Crippen molar-refractivity contribution in [3.63, 3.8) is 0 Å². The van der Waals surface area contributed by atoms with Gasteiger partial charge in [0, 0.05) is 18.7 Å². The Morgan fingerprint density at radius 2 is 1.90 bits per heavy atom. The van der Waals surface area contributed by atoms with Gasteiger partial charge in [0.1, 0.15) is 24.0 Å². The Bertz CT molecular complexity index is 1200. The Kier molecular flexibility index (Phi) is 6.03. The van der Waals surface area contributed by atoms with Gasteiger partial charge in [-0.25, -0.2) is 8.42 Å². The smallest absolute Gasteiger partial charge is 0.291 e. The number of para-hydroxylation sites is 1. The highest BCUT2D eigenvalue weighted by Crippen LogP contribution is 2.19. The fourth-order valence-corrected chi connectivity index (χ4v) is 4.15. The molecule has 9 heteroatoms. The Hall–Kier alpha value is -3.59. The van der Waals surface area contributed by atoms with Gasteiger partial charge >= 0.3 is 0 Å². The molecule has 2 heterocycles. The maximum atomic E-state index is 12.6. The third kappa shape index (κ3) is 5.32. The lowest BCUT2D eigenvalue weighted by Crippen LogP contribution is -2.29. The molecule has 0 fully saturated rings. The summed E-state index contributed by atoms with van der Waals surface area (Å²) in [5, 5.41) is 2.66. The predicted octanol–water partition coefficient (Wildman–Crippen LogP) is 3.58. The third-order valence-electron chi connectivity index (χ3n) is 4.54. The Labute approximate surface area is 180 Å². The number of carbonyl (C=O) groups excluding carboxylic acids is 1. The van der Waals surface area contributed by atoms with E-state index in [0.717, 1.165) is 6.42 Å². The zero-order chi connectivity index (χ0) is 21.7. The van der Waals surface area contributed by atoms with E-state index in [2.05, 4.69) is 15.0 Å². The van der Waals surface area contributed by atoms with Crippen LogP contribution in [0.5, 0.6) is 5.75 Å². The molecule has 0 atom stereocenters. The number of anilines is 1. The molecule has 4 rings (SSSR count). The van der Waals surface area contributed by atoms with Gasteiger partial charge in [0.15, 0.2) is 5.76 Å². The quantitative estimate of drug-likeness (QED) is 0.585. The topological polar surface area (TPSA) is 110 Å². The van der Waals surface area contributed by atoms with E-state index in [0.29, 0.717) is 36.0 Å². The molecule has 1 amide bonds. The normalized spacial score (nSPS) is 13.5. The summed E-state index contributed by atoms with van der Waals surface area (Å²) in [7, 11) is -3.77. The zero-order valence-electron chi connectivity index (χ0n) is 16.6. The fourth-order valence-electron chi connectivity index (χ4n) is 3.02. The van der Waals surface area contributed by atoms with E-state index < -0.39 is 15.9 Å². The van der Waals surface area contributed by atoms with Crippen molar-refractivity contribution >= 4 is 27.5 Å². The van der Waals surface area contributed by atoms with Crippen LogP contribution in [0.3, 0.4) is 0 Å². The molecular weight excluding hydrogens is 418 g/mol. The molecule has 31 heavy (non-hydrogen) atoms. The lowest BCUT2D eigenvalue weighted by Gasteiger charge is -2.09. The number of ether oxygens (including phenoxy) is 1. The molecule has 1 aliphatic heterocycles. The molecule has 0 unspecified atom stereocenters. The number of hydrogen-bond donors (Lipinski definition) is 2. The monoisotopic (exact) mass is 439 g/mol. The average molecular weight is 439 g/mol. The molecule has 1 aliphatic rings. The summed E-state index contributed by atoms with van der Waals surface area (Å²) in [6.07, 6.45) is 1.43. The van der Waals surface area contributed by atoms with E-state index >= 15 is 0 Å². The Morgan fingerprint density at radius 3 is 2.68 bits per heavy atom. The molecule has 8 nitrogen and oxygen atoms in total. The standard InChI is InChI=1S/C22H21N3O5S/c26-22(20-12-11-18(30-20)15-29-17-7-2-1-3-8-17)24-16-6-4-9-19(14-16)31(27,28)25-21-10-5-13-23-21/h1-4,6-9,11-12,14H,5,10,13,15H2,(H,23,25)(H,24,26). The first-order valence-corrected chi connectivity index (χ1v) is 11.2. The van der Waals surface area contributed by atoms with Gasteiger partial charge in [0.25, 0.3) is 15.9 Å². The van der Waals surface area contributed by atoms with E-state index in [9.17, 15) is 13.2 Å². The summed E-state index contributed by atoms with van der Waals surface area (Å²) >= 11 is 0. The zero-order valence-corrected chi connectivity index (χ0v) is 17.4. The molecule has 1 aromatic heterocycles. The van der Waals surface area contributed by atoms with Gasteiger partial charge in [-0.3, -0.25) is 14.5 Å². The first-order chi connectivity index (χ1) is 15.0. The highest BCUT2D eigenvalue weighted by Gasteiger charge is 2.19. The van der Waals surface area contributed by atoms with Crippen LogP contribution in [0.15, 0.2) is 81.0 Å². The summed E-state index contributed by atoms with van der Waals surface area (Å²) in [5.74, 6) is 1.24. The molecule has 0 saturated carbocycles. The molecular formula is C22H21N3O5S. The van der Waals surface area contributed by atoms with Crippen molar-refractivity contribution in [1.29, 1.82) is 0 Å². The van der Waals surface area contributed by atoms with Crippen molar-refractivity contribution in [3.8, 4) is 5.75 Å². The van der Waals surface area contributed by atoms with Crippen LogP contribution in [0.2, 0.25) is 0 Å². The molecule has 2 N–H and O–H groups in total. The van der Waals surface area contributed by atoms with Crippen LogP contribution in [-0.4, -0.2) is 26.7 Å². The van der Waals surface area contributed by atoms with Crippen molar-refractivity contribution in [1.82, 2.24) is 4.72 Å². The molecule has 0 aliphatic carbocycles. The average Bonchev–Trinajstić information content (AvgIpc) is 3.45. The largest absolute Gasteiger partial charge is 0.486 e. The second-order valence-electron chi connectivity index (χ2n) is 6.89. The number of carbonyl (C=O) groups is 1. The van der Waals surface area contributed by atoms with Crippen molar-refractivity contribution in [2.24, 2.45) is 4.99 Å². The van der Waals surface area contributed by atoms with Gasteiger partial charge in [-0.1, -0.05) is 24.3 Å². The summed E-state index contributed by atoms with van der Waals surface area (Å²) < 4.78 is 38.7. The maximum Gasteiger partial charge on any atom is 0.291 e. The highest BCUT2D eigenvalue weighted by atomic mass is 32.2. The van der Waals surface area contributed by atoms with Crippen LogP contribution < -0.4 is 14.8 Å². The van der Waals surface area contributed by atoms with Gasteiger partial charge in [-0.05, 0) is 48.9 Å². The number of benzene rings is 2. The van der Waals surface area contributed by atoms with E-state index in [1.807, 2.05) is 30.3 Å². The van der Waals surface area contributed by atoms with Crippen LogP contribution in [0.4, 0.5) is 5.69 Å². The van der Waals surface area contributed by atoms with Gasteiger partial charge in [-0.15, -0.1) is 0 Å². The van der Waals surface area contributed by atoms with Gasteiger partial charge in [-0.2, -0.15) is 0 Å². The number of aliphatic imine (C=N–C) groups is 1. The molecule has 0 radical (unpaired) electrons. The third-order valence-corrected chi connectivity index (χ3v) is 5.92. The second-order valence-corrected chi connectivity index (χ2v) is 8.57. The van der Waals surface area contributed by atoms with Gasteiger partial charge < -0.3 is 14.5 Å². The van der Waals surface area contributed by atoms with Crippen molar-refractivity contribution in [2.75, 3.05) is 11.9 Å². The van der Waals surface area contributed by atoms with E-state index in [1.54, 1.807) is 24.3 Å². The predicted molar refractivity (Wildman–Crippen MR) is 116 cm³/mol. The van der Waals surface area contributed by atoms with Crippen molar-refractivity contribution in [3.05, 3.63) is 78.3 Å². The van der Waals surface area contributed by atoms with E-state index in [1.165, 1.54) is 12.1 Å². The number of hydrogen-bond acceptors (Lipinski definition) is 6. The number of rotatable bonds is 7. The highest BCUT2D eigenvalue weighted by molar-refractivity contribution is 7.90. The van der Waals surface area contributed by atoms with Crippen LogP contribution in [-0.2, 0) is 16.6 Å². The van der Waals surface area contributed by atoms with Crippen LogP contribution in [0.1, 0.15) is 29.2 Å². The minimum absolute atomic E-state index is 0.0382. The number of sulfonamides is 1. The number of nitrogens with one attached hydrogen (secondary N) is 2. The van der Waals surface area contributed by atoms with E-state index in [-0.39, 0.29) is 17.3 Å². The molecule has 0 bridgehead atoms. The fraction of sp³-hybridized carbons (Fsp3) is 0.182. The number of nitrogens with zero attached hydrogens (tertiary/aromatic N) is 1. The minimum atomic E-state index is -3.77. The molecule has 160 valence electrons. The molecule has 3 aromatic rings. The number of amidine groups is 1. The van der Waals surface area contributed by atoms with Crippen LogP contribution in [0, 0.1) is 0 Å². The minimum Gasteiger partial charge on any atom is -0.486 e. The summed E-state index contributed by atoms with van der Waals surface area (Å²) in [4.78, 5) is 16.7. The van der Waals surface area contributed by atoms with Gasteiger partial charge in [0.2, 0.25) is 0 Å². The van der Waals surface area contributed by atoms with Crippen LogP contribution >= 0.6 is 0 Å². The lowest BCUT2D eigenvalue weighted by molar-refractivity contribution is 0.0992. The van der Waals surface area contributed by atoms with Crippen LogP contribution in [0.25, 0.3) is 0 Å². The first kappa shape index (κ1) is 20.7. The Balaban J connectivity index is 1.40. The van der Waals surface area contributed by atoms with Gasteiger partial charge in [0.05, 0.1) is 4.90 Å². The van der Waals surface area contributed by atoms with Crippen molar-refractivity contribution < 1.29 is 22.4 Å². The number of amides is 1. The SMILES string of the molecule is O=C(Nc1cccc(S(=O)(=O)NC2=NCCC2)c1)c1ccc(COc2ccccc2)o1. The maximum absolute atomic E-state index is 12.6. The number of furan rings is 1. The summed E-state index contributed by atoms with van der Waals surface area (Å²) in [5.41, 5.74) is 0.333. The van der Waals surface area contributed by atoms with Crippen molar-refractivity contribution in [2.45, 2.75) is 24.3 Å². The second kappa shape index (κ2) is 9.05. The Morgan fingerprint density at radius 1 is 1.06 bits per heavy atom. The molecule has 0 spiro atoms. The molecule has 0 saturated heterocycles. The summed E-state index contributed by atoms with van der Waals surface area (Å²) in [6.45, 7) is 0.802. The lowest BCUT2D eigenvalue weighted by atomic mass is 10.3. The van der Waals surface area contributed by atoms with E-state index in [4.69, 9.17) is 9.15 Å². The summed E-state index contributed by atoms with van der Waals surface area (Å²) in [6, 6.07) is 18.5. The molecule has 2 aromatic carbocycles.